The molecule has 0 aliphatic carbocycles. The lowest BCUT2D eigenvalue weighted by Crippen LogP contribution is -1.98. The first-order valence-corrected chi connectivity index (χ1v) is 6.82. The Kier molecular flexibility index (Phi) is 4.63. The van der Waals surface area contributed by atoms with Crippen LogP contribution in [-0.2, 0) is 0 Å². The number of carbonyl (C=O) groups is 2. The predicted octanol–water partition coefficient (Wildman–Crippen LogP) is 3.91. The van der Waals surface area contributed by atoms with Crippen molar-refractivity contribution < 1.29 is 9.59 Å². The number of hydrogen-bond donors (Lipinski definition) is 0. The van der Waals surface area contributed by atoms with E-state index >= 15 is 0 Å². The van der Waals surface area contributed by atoms with E-state index in [1.165, 1.54) is 12.2 Å². The quantitative estimate of drug-likeness (QED) is 0.470. The fourth-order valence-corrected chi connectivity index (χ4v) is 2.13. The van der Waals surface area contributed by atoms with Crippen molar-refractivity contribution >= 4 is 34.2 Å². The average molecular weight is 362 g/mol. The van der Waals surface area contributed by atoms with E-state index in [4.69, 9.17) is 0 Å². The van der Waals surface area contributed by atoms with Gasteiger partial charge in [-0.2, -0.15) is 0 Å². The number of benzene rings is 2. The van der Waals surface area contributed by atoms with Crippen LogP contribution in [0.1, 0.15) is 20.7 Å². The average Bonchev–Trinajstić information content (AvgIpc) is 2.45. The molecule has 0 aliphatic rings. The van der Waals surface area contributed by atoms with Crippen LogP contribution in [0.25, 0.3) is 0 Å². The molecule has 0 bridgehead atoms. The van der Waals surface area contributed by atoms with Crippen LogP contribution in [0, 0.1) is 3.57 Å². The highest BCUT2D eigenvalue weighted by atomic mass is 127. The minimum atomic E-state index is -0.167. The van der Waals surface area contributed by atoms with Gasteiger partial charge in [0.05, 0.1) is 0 Å². The number of carbonyl (C=O) groups excluding carboxylic acids is 2. The summed E-state index contributed by atoms with van der Waals surface area (Å²) in [5.41, 5.74) is 1.17. The highest BCUT2D eigenvalue weighted by Crippen LogP contribution is 2.09. The smallest absolute Gasteiger partial charge is 0.186 e. The molecule has 3 heteroatoms. The molecule has 0 fully saturated rings. The van der Waals surface area contributed by atoms with Crippen LogP contribution >= 0.6 is 22.6 Å². The molecular weight excluding hydrogens is 351 g/mol. The molecule has 2 aromatic rings. The summed E-state index contributed by atoms with van der Waals surface area (Å²) in [6, 6.07) is 16.1. The Morgan fingerprint density at radius 2 is 1.37 bits per heavy atom. The van der Waals surface area contributed by atoms with Crippen molar-refractivity contribution in [2.24, 2.45) is 0 Å². The van der Waals surface area contributed by atoms with Gasteiger partial charge in [0, 0.05) is 14.7 Å². The summed E-state index contributed by atoms with van der Waals surface area (Å²) in [6.07, 6.45) is 2.64. The van der Waals surface area contributed by atoms with Crippen LogP contribution in [-0.4, -0.2) is 11.6 Å². The van der Waals surface area contributed by atoms with Crippen molar-refractivity contribution in [2.75, 3.05) is 0 Å². The fraction of sp³-hybridized carbons (Fsp3) is 0. The monoisotopic (exact) mass is 362 g/mol. The molecule has 0 saturated heterocycles. The van der Waals surface area contributed by atoms with Gasteiger partial charge in [-0.05, 0) is 46.9 Å². The minimum Gasteiger partial charge on any atom is -0.289 e. The van der Waals surface area contributed by atoms with E-state index in [2.05, 4.69) is 22.6 Å². The van der Waals surface area contributed by atoms with Gasteiger partial charge in [0.2, 0.25) is 0 Å². The normalized spacial score (nSPS) is 10.6. The topological polar surface area (TPSA) is 34.1 Å². The van der Waals surface area contributed by atoms with Crippen molar-refractivity contribution in [3.63, 3.8) is 0 Å². The minimum absolute atomic E-state index is 0.164. The third-order valence-corrected chi connectivity index (χ3v) is 3.22. The Bertz CT molecular complexity index is 630. The first-order chi connectivity index (χ1) is 9.16. The van der Waals surface area contributed by atoms with Gasteiger partial charge in [0.1, 0.15) is 0 Å². The van der Waals surface area contributed by atoms with Gasteiger partial charge in [-0.3, -0.25) is 9.59 Å². The summed E-state index contributed by atoms with van der Waals surface area (Å²) in [5.74, 6) is -0.331. The maximum absolute atomic E-state index is 11.9. The molecule has 0 N–H and O–H groups in total. The SMILES string of the molecule is O=C(C=CC(=O)c1cccc(I)c1)c1ccccc1. The Balaban J connectivity index is 2.11. The van der Waals surface area contributed by atoms with Crippen molar-refractivity contribution in [1.29, 1.82) is 0 Å². The summed E-state index contributed by atoms with van der Waals surface area (Å²) in [4.78, 5) is 23.7. The molecule has 2 rings (SSSR count). The summed E-state index contributed by atoms with van der Waals surface area (Å²) in [6.45, 7) is 0. The Morgan fingerprint density at radius 3 is 2.00 bits per heavy atom. The number of allylic oxidation sites excluding steroid dienone is 2. The molecule has 0 unspecified atom stereocenters. The van der Waals surface area contributed by atoms with Crippen LogP contribution in [0.2, 0.25) is 0 Å². The van der Waals surface area contributed by atoms with Gasteiger partial charge in [-0.15, -0.1) is 0 Å². The lowest BCUT2D eigenvalue weighted by Gasteiger charge is -1.97. The van der Waals surface area contributed by atoms with E-state index < -0.39 is 0 Å². The second kappa shape index (κ2) is 6.43. The van der Waals surface area contributed by atoms with Crippen LogP contribution < -0.4 is 0 Å². The van der Waals surface area contributed by atoms with Crippen LogP contribution in [0.4, 0.5) is 0 Å². The maximum atomic E-state index is 11.9. The predicted molar refractivity (Wildman–Crippen MR) is 83.4 cm³/mol. The van der Waals surface area contributed by atoms with Gasteiger partial charge in [0.15, 0.2) is 11.6 Å². The highest BCUT2D eigenvalue weighted by molar-refractivity contribution is 14.1. The molecule has 0 radical (unpaired) electrons. The molecular formula is C16H11IO2. The standard InChI is InChI=1S/C16H11IO2/c17-14-8-4-7-13(11-14)16(19)10-9-15(18)12-5-2-1-3-6-12/h1-11H. The number of halogens is 1. The zero-order valence-corrected chi connectivity index (χ0v) is 12.2. The molecule has 0 atom stereocenters. The first kappa shape index (κ1) is 13.7. The van der Waals surface area contributed by atoms with E-state index in [0.717, 1.165) is 3.57 Å². The van der Waals surface area contributed by atoms with Gasteiger partial charge in [-0.25, -0.2) is 0 Å². The molecule has 0 aliphatic heterocycles. The number of rotatable bonds is 4. The molecule has 94 valence electrons. The van der Waals surface area contributed by atoms with Crippen molar-refractivity contribution in [2.45, 2.75) is 0 Å². The van der Waals surface area contributed by atoms with Gasteiger partial charge in [0.25, 0.3) is 0 Å². The Morgan fingerprint density at radius 1 is 0.789 bits per heavy atom. The zero-order valence-electron chi connectivity index (χ0n) is 10.0. The van der Waals surface area contributed by atoms with Gasteiger partial charge in [-0.1, -0.05) is 42.5 Å². The van der Waals surface area contributed by atoms with E-state index in [1.807, 2.05) is 18.2 Å². The van der Waals surface area contributed by atoms with Crippen molar-refractivity contribution in [3.05, 3.63) is 81.4 Å². The molecule has 19 heavy (non-hydrogen) atoms. The van der Waals surface area contributed by atoms with E-state index in [-0.39, 0.29) is 11.6 Å². The van der Waals surface area contributed by atoms with Gasteiger partial charge >= 0.3 is 0 Å². The number of hydrogen-bond acceptors (Lipinski definition) is 2. The lowest BCUT2D eigenvalue weighted by molar-refractivity contribution is 0.102. The molecule has 2 aromatic carbocycles. The Hall–Kier alpha value is -1.75. The first-order valence-electron chi connectivity index (χ1n) is 5.74. The van der Waals surface area contributed by atoms with E-state index in [1.54, 1.807) is 36.4 Å². The zero-order chi connectivity index (χ0) is 13.7. The van der Waals surface area contributed by atoms with E-state index in [0.29, 0.717) is 11.1 Å². The maximum Gasteiger partial charge on any atom is 0.186 e. The molecule has 0 amide bonds. The van der Waals surface area contributed by atoms with Crippen LogP contribution in [0.15, 0.2) is 66.7 Å². The number of ketones is 2. The summed E-state index contributed by atoms with van der Waals surface area (Å²) >= 11 is 2.15. The lowest BCUT2D eigenvalue weighted by atomic mass is 10.1. The largest absolute Gasteiger partial charge is 0.289 e. The molecule has 0 aromatic heterocycles. The second-order valence-corrected chi connectivity index (χ2v) is 5.18. The summed E-state index contributed by atoms with van der Waals surface area (Å²) < 4.78 is 0.992. The highest BCUT2D eigenvalue weighted by Gasteiger charge is 2.04. The Labute approximate surface area is 125 Å². The van der Waals surface area contributed by atoms with E-state index in [9.17, 15) is 9.59 Å². The second-order valence-electron chi connectivity index (χ2n) is 3.94. The fourth-order valence-electron chi connectivity index (χ4n) is 1.59. The summed E-state index contributed by atoms with van der Waals surface area (Å²) in [5, 5.41) is 0. The summed E-state index contributed by atoms with van der Waals surface area (Å²) in [7, 11) is 0. The van der Waals surface area contributed by atoms with Gasteiger partial charge < -0.3 is 0 Å². The molecule has 0 spiro atoms. The molecule has 0 heterocycles. The van der Waals surface area contributed by atoms with Crippen LogP contribution in [0.5, 0.6) is 0 Å². The van der Waals surface area contributed by atoms with Crippen LogP contribution in [0.3, 0.4) is 0 Å². The van der Waals surface area contributed by atoms with Crippen molar-refractivity contribution in [3.8, 4) is 0 Å². The molecule has 0 saturated carbocycles. The third kappa shape index (κ3) is 3.86. The molecule has 2 nitrogen and oxygen atoms in total. The van der Waals surface area contributed by atoms with Crippen molar-refractivity contribution in [1.82, 2.24) is 0 Å². The third-order valence-electron chi connectivity index (χ3n) is 2.55.